The highest BCUT2D eigenvalue weighted by atomic mass is 16.6. The Labute approximate surface area is 106 Å². The standard InChI is InChI=1S/C12H18N2O4/c1-12(2,3)18-11(17)14-5-4-9(10(15)16)8(6-13)7-14/h8-9H,4-5,7H2,1-3H3,(H,15,16)/t8-,9-/m1/s1. The van der Waals surface area contributed by atoms with Crippen LogP contribution in [0.5, 0.6) is 0 Å². The summed E-state index contributed by atoms with van der Waals surface area (Å²) in [5.74, 6) is -2.36. The first kappa shape index (κ1) is 14.3. The van der Waals surface area contributed by atoms with E-state index in [1.165, 1.54) is 4.90 Å². The van der Waals surface area contributed by atoms with Crippen LogP contribution in [0.2, 0.25) is 0 Å². The van der Waals surface area contributed by atoms with Crippen molar-refractivity contribution in [3.8, 4) is 6.07 Å². The first-order chi connectivity index (χ1) is 8.24. The van der Waals surface area contributed by atoms with Crippen molar-refractivity contribution in [1.29, 1.82) is 5.26 Å². The van der Waals surface area contributed by atoms with Gasteiger partial charge in [0.15, 0.2) is 0 Å². The molecule has 1 rings (SSSR count). The maximum absolute atomic E-state index is 11.8. The topological polar surface area (TPSA) is 90.6 Å². The van der Waals surface area contributed by atoms with Gasteiger partial charge in [-0.1, -0.05) is 0 Å². The molecule has 0 unspecified atom stereocenters. The van der Waals surface area contributed by atoms with Crippen molar-refractivity contribution >= 4 is 12.1 Å². The van der Waals surface area contributed by atoms with Crippen molar-refractivity contribution in [2.24, 2.45) is 11.8 Å². The number of hydrogen-bond donors (Lipinski definition) is 1. The van der Waals surface area contributed by atoms with Crippen LogP contribution in [0.15, 0.2) is 0 Å². The predicted octanol–water partition coefficient (Wildman–Crippen LogP) is 1.47. The number of aliphatic carboxylic acids is 1. The van der Waals surface area contributed by atoms with E-state index in [1.807, 2.05) is 6.07 Å². The van der Waals surface area contributed by atoms with Gasteiger partial charge in [-0.3, -0.25) is 4.79 Å². The molecule has 1 aliphatic heterocycles. The van der Waals surface area contributed by atoms with E-state index in [0.29, 0.717) is 6.54 Å². The summed E-state index contributed by atoms with van der Waals surface area (Å²) in [4.78, 5) is 24.1. The first-order valence-corrected chi connectivity index (χ1v) is 5.85. The predicted molar refractivity (Wildman–Crippen MR) is 62.7 cm³/mol. The number of carboxylic acid groups (broad SMARTS) is 1. The zero-order valence-corrected chi connectivity index (χ0v) is 10.8. The van der Waals surface area contributed by atoms with Gasteiger partial charge in [0.1, 0.15) is 5.60 Å². The van der Waals surface area contributed by atoms with Gasteiger partial charge >= 0.3 is 12.1 Å². The molecular formula is C12H18N2O4. The lowest BCUT2D eigenvalue weighted by atomic mass is 9.87. The zero-order chi connectivity index (χ0) is 13.9. The van der Waals surface area contributed by atoms with Crippen LogP contribution in [0.3, 0.4) is 0 Å². The van der Waals surface area contributed by atoms with Crippen LogP contribution in [0.25, 0.3) is 0 Å². The van der Waals surface area contributed by atoms with Gasteiger partial charge in [-0.15, -0.1) is 0 Å². The minimum absolute atomic E-state index is 0.113. The Bertz CT molecular complexity index is 381. The average molecular weight is 254 g/mol. The Balaban J connectivity index is 2.66. The quantitative estimate of drug-likeness (QED) is 0.765. The molecule has 0 aromatic carbocycles. The number of likely N-dealkylation sites (tertiary alicyclic amines) is 1. The second-order valence-electron chi connectivity index (χ2n) is 5.40. The van der Waals surface area contributed by atoms with Gasteiger partial charge in [-0.2, -0.15) is 5.26 Å². The van der Waals surface area contributed by atoms with E-state index in [0.717, 1.165) is 0 Å². The van der Waals surface area contributed by atoms with E-state index in [-0.39, 0.29) is 13.0 Å². The third kappa shape index (κ3) is 3.62. The van der Waals surface area contributed by atoms with Crippen LogP contribution in [0.1, 0.15) is 27.2 Å². The fourth-order valence-electron chi connectivity index (χ4n) is 1.87. The number of rotatable bonds is 1. The zero-order valence-electron chi connectivity index (χ0n) is 10.8. The van der Waals surface area contributed by atoms with Crippen LogP contribution in [0.4, 0.5) is 4.79 Å². The summed E-state index contributed by atoms with van der Waals surface area (Å²) < 4.78 is 5.20. The van der Waals surface area contributed by atoms with Gasteiger partial charge in [0.05, 0.1) is 17.9 Å². The fourth-order valence-corrected chi connectivity index (χ4v) is 1.87. The highest BCUT2D eigenvalue weighted by Crippen LogP contribution is 2.24. The molecule has 18 heavy (non-hydrogen) atoms. The molecule has 1 N–H and O–H groups in total. The summed E-state index contributed by atoms with van der Waals surface area (Å²) in [6.45, 7) is 5.70. The number of carbonyl (C=O) groups is 2. The molecule has 0 bridgehead atoms. The molecule has 1 saturated heterocycles. The molecule has 0 radical (unpaired) electrons. The van der Waals surface area contributed by atoms with E-state index in [4.69, 9.17) is 15.1 Å². The number of hydrogen-bond acceptors (Lipinski definition) is 4. The lowest BCUT2D eigenvalue weighted by Gasteiger charge is -2.34. The molecular weight excluding hydrogens is 236 g/mol. The largest absolute Gasteiger partial charge is 0.481 e. The summed E-state index contributed by atoms with van der Waals surface area (Å²) in [5, 5.41) is 17.9. The second kappa shape index (κ2) is 5.25. The summed E-state index contributed by atoms with van der Waals surface area (Å²) in [6.07, 6.45) is -0.209. The van der Waals surface area contributed by atoms with Crippen molar-refractivity contribution in [3.05, 3.63) is 0 Å². The number of carboxylic acids is 1. The normalized spacial score (nSPS) is 24.2. The minimum Gasteiger partial charge on any atom is -0.481 e. The Morgan fingerprint density at radius 3 is 2.50 bits per heavy atom. The number of ether oxygens (including phenoxy) is 1. The van der Waals surface area contributed by atoms with E-state index < -0.39 is 29.5 Å². The van der Waals surface area contributed by atoms with Crippen molar-refractivity contribution < 1.29 is 19.4 Å². The van der Waals surface area contributed by atoms with E-state index in [1.54, 1.807) is 20.8 Å². The molecule has 100 valence electrons. The number of nitriles is 1. The molecule has 2 atom stereocenters. The van der Waals surface area contributed by atoms with Crippen molar-refractivity contribution in [2.45, 2.75) is 32.8 Å². The van der Waals surface area contributed by atoms with Gasteiger partial charge in [0, 0.05) is 13.1 Å². The molecule has 0 aliphatic carbocycles. The summed E-state index contributed by atoms with van der Waals surface area (Å²) in [7, 11) is 0. The van der Waals surface area contributed by atoms with Gasteiger partial charge in [0.25, 0.3) is 0 Å². The van der Waals surface area contributed by atoms with Crippen LogP contribution in [-0.4, -0.2) is 40.8 Å². The van der Waals surface area contributed by atoms with Gasteiger partial charge < -0.3 is 14.7 Å². The molecule has 1 heterocycles. The molecule has 1 amide bonds. The van der Waals surface area contributed by atoms with Crippen molar-refractivity contribution in [1.82, 2.24) is 4.90 Å². The highest BCUT2D eigenvalue weighted by Gasteiger charge is 2.37. The molecule has 6 heteroatoms. The lowest BCUT2D eigenvalue weighted by Crippen LogP contribution is -2.47. The molecule has 0 aromatic heterocycles. The molecule has 6 nitrogen and oxygen atoms in total. The fraction of sp³-hybridized carbons (Fsp3) is 0.750. The molecule has 1 aliphatic rings. The lowest BCUT2D eigenvalue weighted by molar-refractivity contribution is -0.144. The molecule has 0 aromatic rings. The average Bonchev–Trinajstić information content (AvgIpc) is 2.25. The first-order valence-electron chi connectivity index (χ1n) is 5.85. The van der Waals surface area contributed by atoms with Crippen LogP contribution >= 0.6 is 0 Å². The Kier molecular flexibility index (Phi) is 4.17. The van der Waals surface area contributed by atoms with Crippen LogP contribution in [-0.2, 0) is 9.53 Å². The van der Waals surface area contributed by atoms with Crippen molar-refractivity contribution in [3.63, 3.8) is 0 Å². The van der Waals surface area contributed by atoms with E-state index in [9.17, 15) is 9.59 Å². The van der Waals surface area contributed by atoms with Crippen LogP contribution in [0, 0.1) is 23.2 Å². The number of amides is 1. The smallest absolute Gasteiger partial charge is 0.410 e. The summed E-state index contributed by atoms with van der Waals surface area (Å²) in [5.41, 5.74) is -0.594. The number of piperidine rings is 1. The number of nitrogens with zero attached hydrogens (tertiary/aromatic N) is 2. The number of carbonyl (C=O) groups excluding carboxylic acids is 1. The Morgan fingerprint density at radius 1 is 1.44 bits per heavy atom. The van der Waals surface area contributed by atoms with E-state index >= 15 is 0 Å². The van der Waals surface area contributed by atoms with Gasteiger partial charge in [-0.05, 0) is 27.2 Å². The maximum Gasteiger partial charge on any atom is 0.410 e. The second-order valence-corrected chi connectivity index (χ2v) is 5.40. The minimum atomic E-state index is -0.981. The Hall–Kier alpha value is -1.77. The molecule has 0 saturated carbocycles. The summed E-state index contributed by atoms with van der Waals surface area (Å²) in [6, 6.07) is 1.95. The monoisotopic (exact) mass is 254 g/mol. The summed E-state index contributed by atoms with van der Waals surface area (Å²) >= 11 is 0. The molecule has 1 fully saturated rings. The third-order valence-corrected chi connectivity index (χ3v) is 2.75. The Morgan fingerprint density at radius 2 is 2.06 bits per heavy atom. The van der Waals surface area contributed by atoms with Crippen LogP contribution < -0.4 is 0 Å². The highest BCUT2D eigenvalue weighted by molar-refractivity contribution is 5.72. The van der Waals surface area contributed by atoms with Gasteiger partial charge in [-0.25, -0.2) is 4.79 Å². The molecule has 0 spiro atoms. The van der Waals surface area contributed by atoms with Gasteiger partial charge in [0.2, 0.25) is 0 Å². The third-order valence-electron chi connectivity index (χ3n) is 2.75. The van der Waals surface area contributed by atoms with E-state index in [2.05, 4.69) is 0 Å². The van der Waals surface area contributed by atoms with Crippen molar-refractivity contribution in [2.75, 3.05) is 13.1 Å². The SMILES string of the molecule is CC(C)(C)OC(=O)N1CC[C@@H](C(=O)O)[C@H](C#N)C1. The maximum atomic E-state index is 11.8.